The number of rotatable bonds is 5. The quantitative estimate of drug-likeness (QED) is 0.765. The number of urea groups is 1. The summed E-state index contributed by atoms with van der Waals surface area (Å²) in [5, 5.41) is 6.88. The summed E-state index contributed by atoms with van der Waals surface area (Å²) < 4.78 is 0. The van der Waals surface area contributed by atoms with Crippen LogP contribution < -0.4 is 10.6 Å². The van der Waals surface area contributed by atoms with Crippen LogP contribution in [0.4, 0.5) is 4.79 Å². The summed E-state index contributed by atoms with van der Waals surface area (Å²) in [4.78, 5) is 27.2. The van der Waals surface area contributed by atoms with E-state index in [1.165, 1.54) is 4.90 Å². The number of hydrogen-bond donors (Lipinski definition) is 2. The van der Waals surface area contributed by atoms with Gasteiger partial charge >= 0.3 is 6.03 Å². The van der Waals surface area contributed by atoms with Gasteiger partial charge in [-0.05, 0) is 39.5 Å². The summed E-state index contributed by atoms with van der Waals surface area (Å²) >= 11 is 0. The summed E-state index contributed by atoms with van der Waals surface area (Å²) in [5.41, 5.74) is -1.10. The van der Waals surface area contributed by atoms with Crippen molar-refractivity contribution in [3.05, 3.63) is 0 Å². The molecule has 0 aliphatic carbocycles. The number of hydrogen-bond acceptors (Lipinski definition) is 3. The van der Waals surface area contributed by atoms with Crippen LogP contribution in [0.2, 0.25) is 0 Å². The molecule has 0 aromatic rings. The smallest absolute Gasteiger partial charge is 0.323 e. The Labute approximate surface area is 140 Å². The zero-order valence-corrected chi connectivity index (χ0v) is 15.6. The zero-order valence-electron chi connectivity index (χ0n) is 15.6. The Morgan fingerprint density at radius 2 is 1.83 bits per heavy atom. The van der Waals surface area contributed by atoms with Gasteiger partial charge in [-0.3, -0.25) is 9.69 Å². The minimum Gasteiger partial charge on any atom is -0.323 e. The number of carbonyl (C=O) groups excluding carboxylic acids is 2. The third-order valence-corrected chi connectivity index (χ3v) is 6.40. The fourth-order valence-electron chi connectivity index (χ4n) is 4.34. The van der Waals surface area contributed by atoms with Gasteiger partial charge in [0.05, 0.1) is 0 Å². The van der Waals surface area contributed by atoms with Crippen LogP contribution in [0.5, 0.6) is 0 Å². The van der Waals surface area contributed by atoms with Crippen molar-refractivity contribution in [1.82, 2.24) is 15.5 Å². The van der Waals surface area contributed by atoms with Crippen LogP contribution in [0, 0.1) is 5.92 Å². The molecule has 0 saturated carbocycles. The van der Waals surface area contributed by atoms with E-state index in [9.17, 15) is 9.59 Å². The lowest BCUT2D eigenvalue weighted by molar-refractivity contribution is -0.138. The molecular formula is C18H33N3O2. The predicted molar refractivity (Wildman–Crippen MR) is 92.2 cm³/mol. The van der Waals surface area contributed by atoms with E-state index < -0.39 is 5.54 Å². The van der Waals surface area contributed by atoms with Crippen LogP contribution in [-0.2, 0) is 4.79 Å². The third kappa shape index (κ3) is 2.77. The lowest BCUT2D eigenvalue weighted by Gasteiger charge is -2.56. The number of piperidine rings is 1. The molecule has 5 heteroatoms. The van der Waals surface area contributed by atoms with E-state index in [0.29, 0.717) is 13.0 Å². The average molecular weight is 323 g/mol. The largest absolute Gasteiger partial charge is 0.325 e. The molecule has 5 nitrogen and oxygen atoms in total. The molecule has 0 aromatic carbocycles. The highest BCUT2D eigenvalue weighted by atomic mass is 16.2. The van der Waals surface area contributed by atoms with Gasteiger partial charge in [-0.25, -0.2) is 4.79 Å². The van der Waals surface area contributed by atoms with Crippen LogP contribution in [0.15, 0.2) is 0 Å². The van der Waals surface area contributed by atoms with Crippen LogP contribution in [0.25, 0.3) is 0 Å². The molecule has 0 bridgehead atoms. The van der Waals surface area contributed by atoms with E-state index >= 15 is 0 Å². The normalized spacial score (nSPS) is 40.8. The van der Waals surface area contributed by atoms with E-state index in [-0.39, 0.29) is 28.9 Å². The maximum absolute atomic E-state index is 13.2. The second kappa shape index (κ2) is 6.08. The van der Waals surface area contributed by atoms with Gasteiger partial charge in [0.2, 0.25) is 0 Å². The highest BCUT2D eigenvalue weighted by Crippen LogP contribution is 2.46. The number of imide groups is 1. The Morgan fingerprint density at radius 1 is 1.17 bits per heavy atom. The molecule has 4 atom stereocenters. The van der Waals surface area contributed by atoms with Crippen molar-refractivity contribution in [1.29, 1.82) is 0 Å². The lowest BCUT2D eigenvalue weighted by atomic mass is 9.61. The maximum atomic E-state index is 13.2. The van der Waals surface area contributed by atoms with Crippen LogP contribution in [0.3, 0.4) is 0 Å². The Morgan fingerprint density at radius 3 is 2.35 bits per heavy atom. The molecule has 2 heterocycles. The van der Waals surface area contributed by atoms with Crippen molar-refractivity contribution in [2.45, 2.75) is 90.3 Å². The number of nitrogens with one attached hydrogen (secondary N) is 2. The minimum atomic E-state index is -0.772. The molecular weight excluding hydrogens is 290 g/mol. The van der Waals surface area contributed by atoms with Crippen molar-refractivity contribution < 1.29 is 9.59 Å². The molecule has 4 unspecified atom stereocenters. The molecule has 3 amide bonds. The van der Waals surface area contributed by atoms with Crippen LogP contribution >= 0.6 is 0 Å². The van der Waals surface area contributed by atoms with E-state index in [1.807, 2.05) is 0 Å². The van der Waals surface area contributed by atoms with Gasteiger partial charge in [0.1, 0.15) is 5.54 Å². The van der Waals surface area contributed by atoms with Gasteiger partial charge in [-0.15, -0.1) is 0 Å². The fraction of sp³-hybridized carbons (Fsp3) is 0.889. The fourth-order valence-corrected chi connectivity index (χ4v) is 4.34. The molecule has 23 heavy (non-hydrogen) atoms. The Hall–Kier alpha value is -1.10. The van der Waals surface area contributed by atoms with Gasteiger partial charge in [0, 0.05) is 23.5 Å². The number of amides is 3. The first-order valence-electron chi connectivity index (χ1n) is 9.11. The lowest BCUT2D eigenvalue weighted by Crippen LogP contribution is -2.74. The van der Waals surface area contributed by atoms with Gasteiger partial charge < -0.3 is 10.6 Å². The zero-order chi connectivity index (χ0) is 17.5. The predicted octanol–water partition coefficient (Wildman–Crippen LogP) is 3.04. The van der Waals surface area contributed by atoms with Crippen LogP contribution in [0.1, 0.15) is 73.6 Å². The first-order chi connectivity index (χ1) is 10.7. The Kier molecular flexibility index (Phi) is 4.82. The number of nitrogens with zero attached hydrogens (tertiary/aromatic N) is 1. The van der Waals surface area contributed by atoms with E-state index in [4.69, 9.17) is 0 Å². The molecule has 2 N–H and O–H groups in total. The van der Waals surface area contributed by atoms with Crippen molar-refractivity contribution in [3.8, 4) is 0 Å². The summed E-state index contributed by atoms with van der Waals surface area (Å²) in [6.45, 7) is 13.3. The summed E-state index contributed by atoms with van der Waals surface area (Å²) in [6, 6.07) is -0.214. The molecule has 0 aromatic heterocycles. The number of unbranched alkanes of at least 4 members (excludes halogenated alkanes) is 1. The standard InChI is InChI=1S/C18H33N3O2/c1-7-10-11-21-14(22)18(19-15(21)23)12-16(5,8-2)20-17(6,9-3)13(18)4/h13,20H,7-12H2,1-6H3,(H,19,23). The summed E-state index contributed by atoms with van der Waals surface area (Å²) in [6.07, 6.45) is 4.33. The van der Waals surface area contributed by atoms with Crippen molar-refractivity contribution in [3.63, 3.8) is 0 Å². The highest BCUT2D eigenvalue weighted by molar-refractivity contribution is 6.07. The van der Waals surface area contributed by atoms with Crippen LogP contribution in [-0.4, -0.2) is 40.0 Å². The van der Waals surface area contributed by atoms with Gasteiger partial charge in [-0.1, -0.05) is 34.1 Å². The monoisotopic (exact) mass is 323 g/mol. The van der Waals surface area contributed by atoms with Crippen molar-refractivity contribution in [2.75, 3.05) is 6.54 Å². The highest BCUT2D eigenvalue weighted by Gasteiger charge is 2.63. The second-order valence-electron chi connectivity index (χ2n) is 7.92. The Balaban J connectivity index is 2.42. The van der Waals surface area contributed by atoms with E-state index in [2.05, 4.69) is 52.2 Å². The maximum Gasteiger partial charge on any atom is 0.325 e. The van der Waals surface area contributed by atoms with Gasteiger partial charge in [-0.2, -0.15) is 0 Å². The first kappa shape index (κ1) is 18.2. The molecule has 2 aliphatic rings. The topological polar surface area (TPSA) is 61.4 Å². The third-order valence-electron chi connectivity index (χ3n) is 6.40. The second-order valence-corrected chi connectivity index (χ2v) is 7.92. The average Bonchev–Trinajstić information content (AvgIpc) is 2.74. The minimum absolute atomic E-state index is 0.0238. The summed E-state index contributed by atoms with van der Waals surface area (Å²) in [5.74, 6) is 0.0204. The van der Waals surface area contributed by atoms with Crippen molar-refractivity contribution in [2.24, 2.45) is 5.92 Å². The molecule has 1 spiro atoms. The first-order valence-corrected chi connectivity index (χ1v) is 9.11. The molecule has 2 rings (SSSR count). The van der Waals surface area contributed by atoms with Gasteiger partial charge in [0.25, 0.3) is 5.91 Å². The van der Waals surface area contributed by atoms with E-state index in [0.717, 1.165) is 25.7 Å². The molecule has 132 valence electrons. The Bertz CT molecular complexity index is 495. The van der Waals surface area contributed by atoms with Crippen molar-refractivity contribution >= 4 is 11.9 Å². The molecule has 0 radical (unpaired) electrons. The summed E-state index contributed by atoms with van der Waals surface area (Å²) in [7, 11) is 0. The molecule has 2 fully saturated rings. The molecule has 2 saturated heterocycles. The molecule has 2 aliphatic heterocycles. The van der Waals surface area contributed by atoms with E-state index in [1.54, 1.807) is 0 Å². The SMILES string of the molecule is CCCCN1C(=O)NC2(CC(C)(CC)NC(C)(CC)C2C)C1=O. The van der Waals surface area contributed by atoms with Gasteiger partial charge in [0.15, 0.2) is 0 Å². The number of carbonyl (C=O) groups is 2.